The standard InChI is InChI=1S/C20H22N2O6/c1-4-11-27-16-8-6-15(7-9-16)20(24)28-12-18(23)21-19-14(3)13(2)5-10-17(19)22(25)26/h5-10H,4,11-12H2,1-3H3,(H,21,23). The summed E-state index contributed by atoms with van der Waals surface area (Å²) in [5.74, 6) is -0.695. The van der Waals surface area contributed by atoms with Crippen LogP contribution in [0.4, 0.5) is 11.4 Å². The van der Waals surface area contributed by atoms with Crippen molar-refractivity contribution in [1.29, 1.82) is 0 Å². The molecule has 0 radical (unpaired) electrons. The van der Waals surface area contributed by atoms with Crippen molar-refractivity contribution in [3.05, 3.63) is 63.2 Å². The van der Waals surface area contributed by atoms with Crippen molar-refractivity contribution in [3.63, 3.8) is 0 Å². The number of benzene rings is 2. The molecule has 0 unspecified atom stereocenters. The highest BCUT2D eigenvalue weighted by Crippen LogP contribution is 2.30. The Balaban J connectivity index is 1.98. The zero-order valence-electron chi connectivity index (χ0n) is 16.0. The summed E-state index contributed by atoms with van der Waals surface area (Å²) in [5, 5.41) is 13.6. The molecular formula is C20H22N2O6. The van der Waals surface area contributed by atoms with Gasteiger partial charge < -0.3 is 14.8 Å². The van der Waals surface area contributed by atoms with Gasteiger partial charge in [-0.15, -0.1) is 0 Å². The molecule has 0 heterocycles. The number of ether oxygens (including phenoxy) is 2. The van der Waals surface area contributed by atoms with Crippen LogP contribution in [0.1, 0.15) is 34.8 Å². The number of nitrogens with one attached hydrogen (secondary N) is 1. The highest BCUT2D eigenvalue weighted by Gasteiger charge is 2.20. The maximum Gasteiger partial charge on any atom is 0.338 e. The Bertz CT molecular complexity index is 877. The van der Waals surface area contributed by atoms with E-state index in [1.807, 2.05) is 6.92 Å². The molecule has 0 aliphatic carbocycles. The van der Waals surface area contributed by atoms with Crippen LogP contribution in [0.15, 0.2) is 36.4 Å². The molecule has 0 aromatic heterocycles. The van der Waals surface area contributed by atoms with Gasteiger partial charge in [0, 0.05) is 6.07 Å². The minimum atomic E-state index is -0.673. The Morgan fingerprint density at radius 2 is 1.79 bits per heavy atom. The minimum Gasteiger partial charge on any atom is -0.494 e. The fourth-order valence-electron chi connectivity index (χ4n) is 2.41. The van der Waals surface area contributed by atoms with Crippen LogP contribution in [0.25, 0.3) is 0 Å². The first kappa shape index (κ1) is 20.9. The Hall–Kier alpha value is -3.42. The molecule has 0 atom stereocenters. The van der Waals surface area contributed by atoms with Gasteiger partial charge in [-0.2, -0.15) is 0 Å². The summed E-state index contributed by atoms with van der Waals surface area (Å²) >= 11 is 0. The van der Waals surface area contributed by atoms with Gasteiger partial charge >= 0.3 is 5.97 Å². The van der Waals surface area contributed by atoms with Crippen LogP contribution in [0.3, 0.4) is 0 Å². The van der Waals surface area contributed by atoms with E-state index in [0.717, 1.165) is 12.0 Å². The Labute approximate surface area is 162 Å². The van der Waals surface area contributed by atoms with E-state index in [0.29, 0.717) is 17.9 Å². The topological polar surface area (TPSA) is 108 Å². The van der Waals surface area contributed by atoms with Gasteiger partial charge in [0.25, 0.3) is 11.6 Å². The number of anilines is 1. The van der Waals surface area contributed by atoms with E-state index >= 15 is 0 Å². The molecule has 8 nitrogen and oxygen atoms in total. The normalized spacial score (nSPS) is 10.2. The lowest BCUT2D eigenvalue weighted by Crippen LogP contribution is -2.22. The number of rotatable bonds is 8. The van der Waals surface area contributed by atoms with Gasteiger partial charge in [0.1, 0.15) is 11.4 Å². The maximum absolute atomic E-state index is 12.1. The predicted molar refractivity (Wildman–Crippen MR) is 104 cm³/mol. The number of nitro benzene ring substituents is 1. The smallest absolute Gasteiger partial charge is 0.338 e. The number of hydrogen-bond acceptors (Lipinski definition) is 6. The van der Waals surface area contributed by atoms with Crippen LogP contribution >= 0.6 is 0 Å². The van der Waals surface area contributed by atoms with Gasteiger partial charge in [0.05, 0.1) is 17.1 Å². The SMILES string of the molecule is CCCOc1ccc(C(=O)OCC(=O)Nc2c([N+](=O)[O-])ccc(C)c2C)cc1. The zero-order chi connectivity index (χ0) is 20.7. The van der Waals surface area contributed by atoms with Crippen molar-refractivity contribution in [1.82, 2.24) is 0 Å². The van der Waals surface area contributed by atoms with E-state index in [-0.39, 0.29) is 16.9 Å². The number of esters is 1. The van der Waals surface area contributed by atoms with Crippen molar-refractivity contribution < 1.29 is 24.0 Å². The van der Waals surface area contributed by atoms with Gasteiger partial charge in [0.15, 0.2) is 6.61 Å². The molecule has 0 aliphatic rings. The molecule has 0 spiro atoms. The molecule has 1 amide bonds. The van der Waals surface area contributed by atoms with Crippen molar-refractivity contribution in [2.45, 2.75) is 27.2 Å². The fraction of sp³-hybridized carbons (Fsp3) is 0.300. The largest absolute Gasteiger partial charge is 0.494 e. The Kier molecular flexibility index (Phi) is 7.08. The van der Waals surface area contributed by atoms with E-state index in [1.54, 1.807) is 44.2 Å². The number of nitrogens with zero attached hydrogens (tertiary/aromatic N) is 1. The van der Waals surface area contributed by atoms with Gasteiger partial charge in [-0.1, -0.05) is 13.0 Å². The number of amides is 1. The van der Waals surface area contributed by atoms with Crippen molar-refractivity contribution in [3.8, 4) is 5.75 Å². The van der Waals surface area contributed by atoms with Crippen molar-refractivity contribution in [2.24, 2.45) is 0 Å². The van der Waals surface area contributed by atoms with Crippen molar-refractivity contribution in [2.75, 3.05) is 18.5 Å². The first-order valence-electron chi connectivity index (χ1n) is 8.78. The maximum atomic E-state index is 12.1. The molecule has 0 saturated heterocycles. The molecule has 1 N–H and O–H groups in total. The Morgan fingerprint density at radius 1 is 1.11 bits per heavy atom. The molecule has 0 saturated carbocycles. The van der Waals surface area contributed by atoms with Gasteiger partial charge in [-0.25, -0.2) is 4.79 Å². The summed E-state index contributed by atoms with van der Waals surface area (Å²) in [6, 6.07) is 9.31. The van der Waals surface area contributed by atoms with Crippen LogP contribution in [-0.4, -0.2) is 30.0 Å². The average Bonchev–Trinajstić information content (AvgIpc) is 2.68. The molecule has 8 heteroatoms. The minimum absolute atomic E-state index is 0.100. The number of aryl methyl sites for hydroxylation is 1. The second-order valence-electron chi connectivity index (χ2n) is 6.16. The van der Waals surface area contributed by atoms with E-state index in [2.05, 4.69) is 5.32 Å². The van der Waals surface area contributed by atoms with Crippen LogP contribution in [-0.2, 0) is 9.53 Å². The average molecular weight is 386 g/mol. The second kappa shape index (κ2) is 9.50. The number of carbonyl (C=O) groups is 2. The van der Waals surface area contributed by atoms with E-state index < -0.39 is 23.4 Å². The van der Waals surface area contributed by atoms with Crippen LogP contribution in [0, 0.1) is 24.0 Å². The fourth-order valence-corrected chi connectivity index (χ4v) is 2.41. The molecule has 0 aliphatic heterocycles. The van der Waals surface area contributed by atoms with Gasteiger partial charge in [-0.05, 0) is 55.7 Å². The first-order valence-corrected chi connectivity index (χ1v) is 8.78. The number of hydrogen-bond donors (Lipinski definition) is 1. The summed E-state index contributed by atoms with van der Waals surface area (Å²) in [6.45, 7) is 5.46. The van der Waals surface area contributed by atoms with Gasteiger partial charge in [-0.3, -0.25) is 14.9 Å². The zero-order valence-corrected chi connectivity index (χ0v) is 16.0. The summed E-state index contributed by atoms with van der Waals surface area (Å²) < 4.78 is 10.4. The first-order chi connectivity index (χ1) is 13.3. The van der Waals surface area contributed by atoms with E-state index in [1.165, 1.54) is 6.07 Å². The number of carbonyl (C=O) groups excluding carboxylic acids is 2. The highest BCUT2D eigenvalue weighted by molar-refractivity contribution is 5.97. The third-order valence-electron chi connectivity index (χ3n) is 4.07. The van der Waals surface area contributed by atoms with E-state index in [4.69, 9.17) is 9.47 Å². The monoisotopic (exact) mass is 386 g/mol. The third kappa shape index (κ3) is 5.29. The summed E-state index contributed by atoms with van der Waals surface area (Å²) in [5.41, 5.74) is 1.53. The third-order valence-corrected chi connectivity index (χ3v) is 4.07. The molecule has 28 heavy (non-hydrogen) atoms. The highest BCUT2D eigenvalue weighted by atomic mass is 16.6. The van der Waals surface area contributed by atoms with Crippen LogP contribution < -0.4 is 10.1 Å². The molecule has 2 aromatic rings. The van der Waals surface area contributed by atoms with Crippen LogP contribution in [0.2, 0.25) is 0 Å². The summed E-state index contributed by atoms with van der Waals surface area (Å²) in [4.78, 5) is 34.8. The van der Waals surface area contributed by atoms with Crippen LogP contribution in [0.5, 0.6) is 5.75 Å². The predicted octanol–water partition coefficient (Wildman–Crippen LogP) is 3.80. The molecular weight excluding hydrogens is 364 g/mol. The molecule has 0 fully saturated rings. The summed E-state index contributed by atoms with van der Waals surface area (Å²) in [6.07, 6.45) is 0.872. The molecule has 148 valence electrons. The van der Waals surface area contributed by atoms with Gasteiger partial charge in [0.2, 0.25) is 0 Å². The number of nitro groups is 1. The van der Waals surface area contributed by atoms with Crippen molar-refractivity contribution >= 4 is 23.3 Å². The Morgan fingerprint density at radius 3 is 2.39 bits per heavy atom. The molecule has 2 aromatic carbocycles. The summed E-state index contributed by atoms with van der Waals surface area (Å²) in [7, 11) is 0. The van der Waals surface area contributed by atoms with E-state index in [9.17, 15) is 19.7 Å². The lowest BCUT2D eigenvalue weighted by Gasteiger charge is -2.11. The molecule has 2 rings (SSSR count). The lowest BCUT2D eigenvalue weighted by molar-refractivity contribution is -0.384. The second-order valence-corrected chi connectivity index (χ2v) is 6.16. The quantitative estimate of drug-likeness (QED) is 0.420. The lowest BCUT2D eigenvalue weighted by atomic mass is 10.1. The molecule has 0 bridgehead atoms.